The van der Waals surface area contributed by atoms with Crippen molar-refractivity contribution in [3.63, 3.8) is 0 Å². The van der Waals surface area contributed by atoms with Crippen LogP contribution in [-0.4, -0.2) is 32.9 Å². The van der Waals surface area contributed by atoms with Gasteiger partial charge in [-0.25, -0.2) is 4.68 Å². The largest absolute Gasteiger partial charge is 0.435 e. The van der Waals surface area contributed by atoms with E-state index >= 15 is 0 Å². The van der Waals surface area contributed by atoms with Crippen LogP contribution in [0.4, 0.5) is 13.2 Å². The number of hydrogen-bond acceptors (Lipinski definition) is 3. The van der Waals surface area contributed by atoms with Gasteiger partial charge in [0.1, 0.15) is 0 Å². The van der Waals surface area contributed by atoms with E-state index in [1.165, 1.54) is 30.5 Å². The van der Waals surface area contributed by atoms with Crippen molar-refractivity contribution in [2.75, 3.05) is 6.54 Å². The molecule has 0 radical (unpaired) electrons. The van der Waals surface area contributed by atoms with Crippen molar-refractivity contribution >= 4 is 5.91 Å². The molecule has 1 aromatic carbocycles. The average Bonchev–Trinajstić information content (AvgIpc) is 3.01. The lowest BCUT2D eigenvalue weighted by molar-refractivity contribution is -0.141. The van der Waals surface area contributed by atoms with E-state index in [0.717, 1.165) is 17.2 Å². The van der Waals surface area contributed by atoms with E-state index in [1.54, 1.807) is 0 Å². The highest BCUT2D eigenvalue weighted by Gasteiger charge is 2.35. The molecule has 1 aliphatic rings. The predicted molar refractivity (Wildman–Crippen MR) is 79.7 cm³/mol. The van der Waals surface area contributed by atoms with Gasteiger partial charge in [-0.2, -0.15) is 18.3 Å². The molecule has 1 heterocycles. The van der Waals surface area contributed by atoms with Crippen molar-refractivity contribution in [2.24, 2.45) is 0 Å². The molecule has 1 aromatic heterocycles. The summed E-state index contributed by atoms with van der Waals surface area (Å²) in [4.78, 5) is 12.0. The molecule has 0 bridgehead atoms. The standard InChI is InChI=1S/C16H16F3N3O2/c17-16(18,19)13-6-9-22(21-13)12-4-2-11(3-5-12)14(23)20-10-15(24)7-1-8-15/h2-6,9,24H,1,7-8,10H2,(H,20,23). The van der Waals surface area contributed by atoms with E-state index in [-0.39, 0.29) is 12.5 Å². The summed E-state index contributed by atoms with van der Waals surface area (Å²) in [7, 11) is 0. The maximum absolute atomic E-state index is 12.6. The summed E-state index contributed by atoms with van der Waals surface area (Å²) < 4.78 is 38.8. The summed E-state index contributed by atoms with van der Waals surface area (Å²) >= 11 is 0. The van der Waals surface area contributed by atoms with Crippen LogP contribution >= 0.6 is 0 Å². The summed E-state index contributed by atoms with van der Waals surface area (Å²) in [5.74, 6) is -0.335. The topological polar surface area (TPSA) is 67.2 Å². The highest BCUT2D eigenvalue weighted by Crippen LogP contribution is 2.30. The number of halogens is 3. The monoisotopic (exact) mass is 339 g/mol. The van der Waals surface area contributed by atoms with Gasteiger partial charge in [-0.15, -0.1) is 0 Å². The Labute approximate surface area is 136 Å². The highest BCUT2D eigenvalue weighted by atomic mass is 19.4. The first-order valence-electron chi connectivity index (χ1n) is 7.51. The van der Waals surface area contributed by atoms with Gasteiger partial charge in [0, 0.05) is 18.3 Å². The van der Waals surface area contributed by atoms with E-state index in [2.05, 4.69) is 10.4 Å². The molecule has 3 rings (SSSR count). The van der Waals surface area contributed by atoms with Crippen molar-refractivity contribution < 1.29 is 23.1 Å². The van der Waals surface area contributed by atoms with E-state index < -0.39 is 17.5 Å². The first kappa shape index (κ1) is 16.5. The predicted octanol–water partition coefficient (Wildman–Crippen LogP) is 2.54. The third-order valence-electron chi connectivity index (χ3n) is 4.14. The Morgan fingerprint density at radius 2 is 1.92 bits per heavy atom. The van der Waals surface area contributed by atoms with Crippen molar-refractivity contribution in [3.8, 4) is 5.69 Å². The summed E-state index contributed by atoms with van der Waals surface area (Å²) in [6, 6.07) is 6.93. The Morgan fingerprint density at radius 3 is 2.42 bits per heavy atom. The van der Waals surface area contributed by atoms with Crippen LogP contribution in [0.15, 0.2) is 36.5 Å². The lowest BCUT2D eigenvalue weighted by atomic mass is 9.80. The van der Waals surface area contributed by atoms with Crippen LogP contribution in [-0.2, 0) is 6.18 Å². The molecule has 0 atom stereocenters. The van der Waals surface area contributed by atoms with Gasteiger partial charge in [0.2, 0.25) is 0 Å². The lowest BCUT2D eigenvalue weighted by Gasteiger charge is -2.36. The molecule has 8 heteroatoms. The third kappa shape index (κ3) is 3.43. The van der Waals surface area contributed by atoms with Crippen molar-refractivity contribution in [1.29, 1.82) is 0 Å². The summed E-state index contributed by atoms with van der Waals surface area (Å²) in [5, 5.41) is 16.1. The first-order chi connectivity index (χ1) is 11.3. The number of alkyl halides is 3. The van der Waals surface area contributed by atoms with Crippen molar-refractivity contribution in [2.45, 2.75) is 31.0 Å². The minimum Gasteiger partial charge on any atom is -0.388 e. The quantitative estimate of drug-likeness (QED) is 0.900. The van der Waals surface area contributed by atoms with Gasteiger partial charge in [0.25, 0.3) is 5.91 Å². The Kier molecular flexibility index (Phi) is 4.08. The van der Waals surface area contributed by atoms with E-state index in [0.29, 0.717) is 24.1 Å². The minimum absolute atomic E-state index is 0.196. The number of benzene rings is 1. The maximum atomic E-state index is 12.6. The molecule has 1 aliphatic carbocycles. The van der Waals surface area contributed by atoms with Gasteiger partial charge in [-0.3, -0.25) is 4.79 Å². The number of aliphatic hydroxyl groups is 1. The van der Waals surface area contributed by atoms with Crippen LogP contribution in [0.25, 0.3) is 5.69 Å². The number of amides is 1. The fraction of sp³-hybridized carbons (Fsp3) is 0.375. The Morgan fingerprint density at radius 1 is 1.25 bits per heavy atom. The van der Waals surface area contributed by atoms with Crippen LogP contribution in [0, 0.1) is 0 Å². The number of carbonyl (C=O) groups is 1. The lowest BCUT2D eigenvalue weighted by Crippen LogP contribution is -2.47. The molecule has 24 heavy (non-hydrogen) atoms. The number of carbonyl (C=O) groups excluding carboxylic acids is 1. The Bertz CT molecular complexity index is 734. The number of rotatable bonds is 4. The number of aromatic nitrogens is 2. The zero-order valence-electron chi connectivity index (χ0n) is 12.7. The Hall–Kier alpha value is -2.35. The minimum atomic E-state index is -4.49. The van der Waals surface area contributed by atoms with Gasteiger partial charge in [0.05, 0.1) is 11.3 Å². The van der Waals surface area contributed by atoms with Gasteiger partial charge in [0.15, 0.2) is 5.69 Å². The second kappa shape index (κ2) is 5.94. The molecule has 2 aromatic rings. The van der Waals surface area contributed by atoms with Gasteiger partial charge in [-0.05, 0) is 49.6 Å². The fourth-order valence-corrected chi connectivity index (χ4v) is 2.49. The first-order valence-corrected chi connectivity index (χ1v) is 7.51. The average molecular weight is 339 g/mol. The SMILES string of the molecule is O=C(NCC1(O)CCC1)c1ccc(-n2ccc(C(F)(F)F)n2)cc1. The van der Waals surface area contributed by atoms with Crippen molar-refractivity contribution in [1.82, 2.24) is 15.1 Å². The molecule has 0 spiro atoms. The molecule has 1 saturated carbocycles. The molecule has 1 fully saturated rings. The number of hydrogen-bond donors (Lipinski definition) is 2. The van der Waals surface area contributed by atoms with Crippen molar-refractivity contribution in [3.05, 3.63) is 47.8 Å². The second-order valence-electron chi connectivity index (χ2n) is 5.95. The summed E-state index contributed by atoms with van der Waals surface area (Å²) in [6.07, 6.45) is -0.984. The molecule has 0 saturated heterocycles. The van der Waals surface area contributed by atoms with E-state index in [9.17, 15) is 23.1 Å². The molecule has 0 aliphatic heterocycles. The summed E-state index contributed by atoms with van der Waals surface area (Å²) in [5.41, 5.74) is -0.999. The van der Waals surface area contributed by atoms with Crippen LogP contribution < -0.4 is 5.32 Å². The Balaban J connectivity index is 1.66. The summed E-state index contributed by atoms with van der Waals surface area (Å²) in [6.45, 7) is 0.196. The molecular weight excluding hydrogens is 323 g/mol. The molecule has 0 unspecified atom stereocenters. The zero-order chi connectivity index (χ0) is 17.4. The normalized spacial score (nSPS) is 16.5. The van der Waals surface area contributed by atoms with Gasteiger partial charge < -0.3 is 10.4 Å². The van der Waals surface area contributed by atoms with Crippen LogP contribution in [0.3, 0.4) is 0 Å². The molecule has 2 N–H and O–H groups in total. The number of nitrogens with zero attached hydrogens (tertiary/aromatic N) is 2. The zero-order valence-corrected chi connectivity index (χ0v) is 12.7. The van der Waals surface area contributed by atoms with E-state index in [1.807, 2.05) is 0 Å². The second-order valence-corrected chi connectivity index (χ2v) is 5.95. The smallest absolute Gasteiger partial charge is 0.388 e. The van der Waals surface area contributed by atoms with Gasteiger partial charge in [-0.1, -0.05) is 0 Å². The molecule has 5 nitrogen and oxygen atoms in total. The number of nitrogens with one attached hydrogen (secondary N) is 1. The van der Waals surface area contributed by atoms with Crippen LogP contribution in [0.2, 0.25) is 0 Å². The highest BCUT2D eigenvalue weighted by molar-refractivity contribution is 5.94. The van der Waals surface area contributed by atoms with E-state index in [4.69, 9.17) is 0 Å². The molecule has 128 valence electrons. The van der Waals surface area contributed by atoms with Crippen LogP contribution in [0.1, 0.15) is 35.3 Å². The van der Waals surface area contributed by atoms with Crippen LogP contribution in [0.5, 0.6) is 0 Å². The van der Waals surface area contributed by atoms with Gasteiger partial charge >= 0.3 is 6.18 Å². The fourth-order valence-electron chi connectivity index (χ4n) is 2.49. The third-order valence-corrected chi connectivity index (χ3v) is 4.14. The molecular formula is C16H16F3N3O2. The molecule has 1 amide bonds. The maximum Gasteiger partial charge on any atom is 0.435 e.